The van der Waals surface area contributed by atoms with E-state index in [4.69, 9.17) is 23.2 Å². The highest BCUT2D eigenvalue weighted by Gasteiger charge is 2.39. The van der Waals surface area contributed by atoms with Crippen LogP contribution in [0.4, 0.5) is 0 Å². The Morgan fingerprint density at radius 3 is 2.62 bits per heavy atom. The van der Waals surface area contributed by atoms with Crippen LogP contribution in [-0.4, -0.2) is 6.54 Å². The van der Waals surface area contributed by atoms with E-state index >= 15 is 0 Å². The molecule has 0 aliphatic heterocycles. The molecule has 0 aromatic heterocycles. The largest absolute Gasteiger partial charge is 0.312 e. The van der Waals surface area contributed by atoms with Crippen molar-refractivity contribution in [3.63, 3.8) is 0 Å². The lowest BCUT2D eigenvalue weighted by Crippen LogP contribution is -2.23. The van der Waals surface area contributed by atoms with Crippen molar-refractivity contribution >= 4 is 23.2 Å². The Labute approximate surface area is 107 Å². The van der Waals surface area contributed by atoms with Gasteiger partial charge in [-0.05, 0) is 42.4 Å². The molecule has 1 aliphatic carbocycles. The van der Waals surface area contributed by atoms with Crippen molar-refractivity contribution < 1.29 is 0 Å². The first-order valence-electron chi connectivity index (χ1n) is 5.80. The fraction of sp³-hybridized carbons (Fsp3) is 0.538. The summed E-state index contributed by atoms with van der Waals surface area (Å²) in [5, 5.41) is 4.93. The first-order chi connectivity index (χ1) is 7.65. The molecule has 0 atom stereocenters. The molecule has 16 heavy (non-hydrogen) atoms. The molecule has 1 aromatic rings. The van der Waals surface area contributed by atoms with Crippen LogP contribution in [0.3, 0.4) is 0 Å². The van der Waals surface area contributed by atoms with Crippen molar-refractivity contribution in [2.75, 3.05) is 6.54 Å². The topological polar surface area (TPSA) is 12.0 Å². The molecule has 0 saturated heterocycles. The van der Waals surface area contributed by atoms with Gasteiger partial charge in [-0.1, -0.05) is 36.2 Å². The summed E-state index contributed by atoms with van der Waals surface area (Å²) in [6.07, 6.45) is 4.00. The molecule has 2 rings (SSSR count). The van der Waals surface area contributed by atoms with E-state index < -0.39 is 0 Å². The van der Waals surface area contributed by atoms with Gasteiger partial charge in [0.25, 0.3) is 0 Å². The molecule has 1 fully saturated rings. The van der Waals surface area contributed by atoms with Gasteiger partial charge in [0.1, 0.15) is 0 Å². The average Bonchev–Trinajstić information content (AvgIpc) is 3.02. The third kappa shape index (κ3) is 2.91. The Morgan fingerprint density at radius 1 is 1.31 bits per heavy atom. The Kier molecular flexibility index (Phi) is 3.78. The summed E-state index contributed by atoms with van der Waals surface area (Å²) in [4.78, 5) is 0. The second kappa shape index (κ2) is 4.95. The molecule has 3 heteroatoms. The van der Waals surface area contributed by atoms with Crippen LogP contribution in [0, 0.1) is 5.41 Å². The van der Waals surface area contributed by atoms with E-state index in [0.717, 1.165) is 23.7 Å². The number of hydrogen-bond donors (Lipinski definition) is 1. The zero-order valence-electron chi connectivity index (χ0n) is 9.52. The summed E-state index contributed by atoms with van der Waals surface area (Å²) in [6.45, 7) is 4.20. The van der Waals surface area contributed by atoms with Crippen LogP contribution in [0.2, 0.25) is 10.0 Å². The molecule has 88 valence electrons. The number of nitrogens with one attached hydrogen (secondary N) is 1. The Balaban J connectivity index is 1.85. The molecule has 0 radical (unpaired) electrons. The Bertz CT molecular complexity index is 372. The summed E-state index contributed by atoms with van der Waals surface area (Å²) in [5.74, 6) is 0. The minimum absolute atomic E-state index is 0.582. The van der Waals surface area contributed by atoms with Gasteiger partial charge in [-0.2, -0.15) is 0 Å². The van der Waals surface area contributed by atoms with Crippen molar-refractivity contribution in [1.29, 1.82) is 0 Å². The zero-order valence-corrected chi connectivity index (χ0v) is 11.0. The Hall–Kier alpha value is -0.240. The van der Waals surface area contributed by atoms with Crippen LogP contribution in [0.15, 0.2) is 18.2 Å². The van der Waals surface area contributed by atoms with Gasteiger partial charge in [0.05, 0.1) is 0 Å². The maximum Gasteiger partial charge on any atom is 0.0465 e. The van der Waals surface area contributed by atoms with E-state index in [0.29, 0.717) is 10.4 Å². The van der Waals surface area contributed by atoms with Crippen molar-refractivity contribution in [3.05, 3.63) is 33.8 Å². The molecule has 1 aromatic carbocycles. The highest BCUT2D eigenvalue weighted by atomic mass is 35.5. The smallest absolute Gasteiger partial charge is 0.0465 e. The molecule has 1 nitrogen and oxygen atoms in total. The highest BCUT2D eigenvalue weighted by Crippen LogP contribution is 2.47. The molecule has 0 bridgehead atoms. The fourth-order valence-corrected chi connectivity index (χ4v) is 2.43. The lowest BCUT2D eigenvalue weighted by Gasteiger charge is -2.14. The highest BCUT2D eigenvalue weighted by molar-refractivity contribution is 6.35. The van der Waals surface area contributed by atoms with E-state index in [1.54, 1.807) is 6.07 Å². The van der Waals surface area contributed by atoms with Gasteiger partial charge in [0.15, 0.2) is 0 Å². The van der Waals surface area contributed by atoms with Crippen molar-refractivity contribution in [2.24, 2.45) is 5.41 Å². The first-order valence-corrected chi connectivity index (χ1v) is 6.55. The number of benzene rings is 1. The lowest BCUT2D eigenvalue weighted by atomic mass is 10.0. The van der Waals surface area contributed by atoms with Crippen molar-refractivity contribution in [3.8, 4) is 0 Å². The van der Waals surface area contributed by atoms with E-state index in [9.17, 15) is 0 Å². The average molecular weight is 258 g/mol. The first kappa shape index (κ1) is 12.2. The summed E-state index contributed by atoms with van der Waals surface area (Å²) >= 11 is 12.0. The van der Waals surface area contributed by atoms with Crippen LogP contribution in [-0.2, 0) is 6.54 Å². The SMILES string of the molecule is CCC1(CNCc2ccc(Cl)cc2Cl)CC1. The number of hydrogen-bond acceptors (Lipinski definition) is 1. The predicted octanol–water partition coefficient (Wildman–Crippen LogP) is 4.27. The van der Waals surface area contributed by atoms with Crippen molar-refractivity contribution in [2.45, 2.75) is 32.7 Å². The van der Waals surface area contributed by atoms with Gasteiger partial charge in [-0.25, -0.2) is 0 Å². The molecular formula is C13H17Cl2N. The Morgan fingerprint density at radius 2 is 2.06 bits per heavy atom. The maximum atomic E-state index is 6.10. The van der Waals surface area contributed by atoms with Gasteiger partial charge in [0, 0.05) is 23.1 Å². The minimum atomic E-state index is 0.582. The van der Waals surface area contributed by atoms with Crippen LogP contribution < -0.4 is 5.32 Å². The van der Waals surface area contributed by atoms with Gasteiger partial charge in [0.2, 0.25) is 0 Å². The maximum absolute atomic E-state index is 6.10. The minimum Gasteiger partial charge on any atom is -0.312 e. The molecule has 0 unspecified atom stereocenters. The normalized spacial score (nSPS) is 17.4. The monoisotopic (exact) mass is 257 g/mol. The van der Waals surface area contributed by atoms with Crippen LogP contribution in [0.5, 0.6) is 0 Å². The quantitative estimate of drug-likeness (QED) is 0.831. The second-order valence-corrected chi connectivity index (χ2v) is 5.54. The summed E-state index contributed by atoms with van der Waals surface area (Å²) in [5.41, 5.74) is 1.71. The molecule has 0 heterocycles. The third-order valence-electron chi connectivity index (χ3n) is 3.54. The van der Waals surface area contributed by atoms with E-state index in [-0.39, 0.29) is 0 Å². The fourth-order valence-electron chi connectivity index (χ4n) is 1.96. The van der Waals surface area contributed by atoms with E-state index in [1.165, 1.54) is 19.3 Å². The predicted molar refractivity (Wildman–Crippen MR) is 70.1 cm³/mol. The number of rotatable bonds is 5. The molecule has 1 aliphatic rings. The van der Waals surface area contributed by atoms with Gasteiger partial charge >= 0.3 is 0 Å². The standard InChI is InChI=1S/C13H17Cl2N/c1-2-13(5-6-13)9-16-8-10-3-4-11(14)7-12(10)15/h3-4,7,16H,2,5-6,8-9H2,1H3. The summed E-state index contributed by atoms with van der Waals surface area (Å²) in [6, 6.07) is 5.67. The summed E-state index contributed by atoms with van der Waals surface area (Å²) < 4.78 is 0. The van der Waals surface area contributed by atoms with Crippen LogP contribution in [0.25, 0.3) is 0 Å². The summed E-state index contributed by atoms with van der Waals surface area (Å²) in [7, 11) is 0. The second-order valence-electron chi connectivity index (χ2n) is 4.69. The van der Waals surface area contributed by atoms with Gasteiger partial charge < -0.3 is 5.32 Å². The van der Waals surface area contributed by atoms with Crippen LogP contribution in [0.1, 0.15) is 31.7 Å². The third-order valence-corrected chi connectivity index (χ3v) is 4.12. The molecule has 1 saturated carbocycles. The van der Waals surface area contributed by atoms with E-state index in [1.807, 2.05) is 12.1 Å². The molecule has 0 spiro atoms. The zero-order chi connectivity index (χ0) is 11.6. The van der Waals surface area contributed by atoms with Crippen molar-refractivity contribution in [1.82, 2.24) is 5.32 Å². The van der Waals surface area contributed by atoms with Gasteiger partial charge in [-0.15, -0.1) is 0 Å². The molecule has 1 N–H and O–H groups in total. The number of halogens is 2. The lowest BCUT2D eigenvalue weighted by molar-refractivity contribution is 0.443. The van der Waals surface area contributed by atoms with Crippen LogP contribution >= 0.6 is 23.2 Å². The van der Waals surface area contributed by atoms with Gasteiger partial charge in [-0.3, -0.25) is 0 Å². The van der Waals surface area contributed by atoms with E-state index in [2.05, 4.69) is 12.2 Å². The molecule has 0 amide bonds. The molecular weight excluding hydrogens is 241 g/mol.